The van der Waals surface area contributed by atoms with Crippen molar-refractivity contribution < 1.29 is 14.3 Å². The summed E-state index contributed by atoms with van der Waals surface area (Å²) in [6.07, 6.45) is 1.79. The molecule has 0 heterocycles. The first-order valence-corrected chi connectivity index (χ1v) is 6.48. The molecule has 4 heteroatoms. The second-order valence-electron chi connectivity index (χ2n) is 4.20. The average molecular weight is 261 g/mol. The maximum Gasteiger partial charge on any atom is 0.341 e. The number of hydrogen-bond acceptors (Lipinski definition) is 4. The highest BCUT2D eigenvalue weighted by molar-refractivity contribution is 5.93. The molecule has 0 saturated carbocycles. The van der Waals surface area contributed by atoms with Crippen LogP contribution in [0.3, 0.4) is 0 Å². The van der Waals surface area contributed by atoms with Gasteiger partial charge in [0.25, 0.3) is 0 Å². The lowest BCUT2D eigenvalue weighted by molar-refractivity contribution is 0.0495. The molecule has 1 rings (SSSR count). The van der Waals surface area contributed by atoms with Gasteiger partial charge in [0.05, 0.1) is 24.8 Å². The van der Waals surface area contributed by atoms with Crippen molar-refractivity contribution in [1.82, 2.24) is 0 Å². The van der Waals surface area contributed by atoms with E-state index in [9.17, 15) is 4.79 Å². The first-order chi connectivity index (χ1) is 9.13. The van der Waals surface area contributed by atoms with Crippen LogP contribution >= 0.6 is 0 Å². The van der Waals surface area contributed by atoms with E-state index in [2.05, 4.69) is 6.07 Å². The topological polar surface area (TPSA) is 59.3 Å². The maximum atomic E-state index is 12.0. The van der Waals surface area contributed by atoms with Crippen LogP contribution in [0, 0.1) is 18.3 Å². The monoisotopic (exact) mass is 261 g/mol. The highest BCUT2D eigenvalue weighted by Crippen LogP contribution is 2.24. The summed E-state index contributed by atoms with van der Waals surface area (Å²) >= 11 is 0. The summed E-state index contributed by atoms with van der Waals surface area (Å²) < 4.78 is 10.6. The Morgan fingerprint density at radius 2 is 2.11 bits per heavy atom. The Labute approximate surface area is 113 Å². The molecule has 0 aromatic heterocycles. The summed E-state index contributed by atoms with van der Waals surface area (Å²) in [5.74, 6) is 0.0360. The standard InChI is InChI=1S/C15H19NO3/c1-4-6-7-19-15(17)13-9-12(10-16)11(3)8-14(13)18-5-2/h8-9H,4-7H2,1-3H3. The van der Waals surface area contributed by atoms with Gasteiger partial charge in [0.2, 0.25) is 0 Å². The van der Waals surface area contributed by atoms with Gasteiger partial charge in [0.15, 0.2) is 0 Å². The van der Waals surface area contributed by atoms with Gasteiger partial charge in [-0.25, -0.2) is 4.79 Å². The number of rotatable bonds is 6. The van der Waals surface area contributed by atoms with Gasteiger partial charge in [-0.1, -0.05) is 13.3 Å². The van der Waals surface area contributed by atoms with Crippen LogP contribution in [0.5, 0.6) is 5.75 Å². The summed E-state index contributed by atoms with van der Waals surface area (Å²) in [5, 5.41) is 9.02. The third-order valence-corrected chi connectivity index (χ3v) is 2.70. The Bertz CT molecular complexity index is 489. The zero-order valence-electron chi connectivity index (χ0n) is 11.7. The number of hydrogen-bond donors (Lipinski definition) is 0. The Morgan fingerprint density at radius 3 is 2.68 bits per heavy atom. The van der Waals surface area contributed by atoms with E-state index in [1.165, 1.54) is 6.07 Å². The van der Waals surface area contributed by atoms with E-state index in [4.69, 9.17) is 14.7 Å². The van der Waals surface area contributed by atoms with Crippen molar-refractivity contribution in [3.05, 3.63) is 28.8 Å². The SMILES string of the molecule is CCCCOC(=O)c1cc(C#N)c(C)cc1OCC. The fraction of sp³-hybridized carbons (Fsp3) is 0.467. The fourth-order valence-corrected chi connectivity index (χ4v) is 1.62. The number of ether oxygens (including phenoxy) is 2. The lowest BCUT2D eigenvalue weighted by Gasteiger charge is -2.11. The average Bonchev–Trinajstić information content (AvgIpc) is 2.39. The Balaban J connectivity index is 3.02. The highest BCUT2D eigenvalue weighted by atomic mass is 16.5. The van der Waals surface area contributed by atoms with Crippen LogP contribution in [-0.2, 0) is 4.74 Å². The largest absolute Gasteiger partial charge is 0.493 e. The van der Waals surface area contributed by atoms with Gasteiger partial charge in [-0.15, -0.1) is 0 Å². The molecule has 0 atom stereocenters. The summed E-state index contributed by atoms with van der Waals surface area (Å²) in [6.45, 7) is 6.53. The summed E-state index contributed by atoms with van der Waals surface area (Å²) in [6, 6.07) is 5.31. The predicted octanol–water partition coefficient (Wildman–Crippen LogP) is 3.22. The van der Waals surface area contributed by atoms with E-state index in [0.29, 0.717) is 30.1 Å². The molecular weight excluding hydrogens is 242 g/mol. The van der Waals surface area contributed by atoms with E-state index in [1.54, 1.807) is 6.07 Å². The van der Waals surface area contributed by atoms with Gasteiger partial charge < -0.3 is 9.47 Å². The van der Waals surface area contributed by atoms with Gasteiger partial charge >= 0.3 is 5.97 Å². The normalized spacial score (nSPS) is 9.79. The van der Waals surface area contributed by atoms with Crippen LogP contribution < -0.4 is 4.74 Å². The Hall–Kier alpha value is -2.02. The molecule has 0 radical (unpaired) electrons. The smallest absolute Gasteiger partial charge is 0.341 e. The number of benzene rings is 1. The van der Waals surface area contributed by atoms with Gasteiger partial charge in [0, 0.05) is 0 Å². The van der Waals surface area contributed by atoms with Crippen LogP contribution in [0.25, 0.3) is 0 Å². The number of nitriles is 1. The molecule has 1 aromatic carbocycles. The molecule has 1 aromatic rings. The molecule has 102 valence electrons. The predicted molar refractivity (Wildman–Crippen MR) is 72.3 cm³/mol. The summed E-state index contributed by atoms with van der Waals surface area (Å²) in [4.78, 5) is 12.0. The highest BCUT2D eigenvalue weighted by Gasteiger charge is 2.16. The molecule has 0 aliphatic carbocycles. The zero-order chi connectivity index (χ0) is 14.3. The number of carbonyl (C=O) groups is 1. The second kappa shape index (κ2) is 7.42. The number of nitrogens with zero attached hydrogens (tertiary/aromatic N) is 1. The van der Waals surface area contributed by atoms with Crippen LogP contribution in [-0.4, -0.2) is 19.2 Å². The fourth-order valence-electron chi connectivity index (χ4n) is 1.62. The minimum Gasteiger partial charge on any atom is -0.493 e. The molecule has 4 nitrogen and oxygen atoms in total. The van der Waals surface area contributed by atoms with Crippen LogP contribution in [0.1, 0.15) is 48.2 Å². The molecule has 0 fully saturated rings. The molecule has 0 bridgehead atoms. The van der Waals surface area contributed by atoms with Crippen molar-refractivity contribution in [2.75, 3.05) is 13.2 Å². The van der Waals surface area contributed by atoms with Gasteiger partial charge in [0.1, 0.15) is 11.3 Å². The van der Waals surface area contributed by atoms with Gasteiger partial charge in [-0.05, 0) is 38.0 Å². The minimum atomic E-state index is -0.437. The summed E-state index contributed by atoms with van der Waals surface area (Å²) in [7, 11) is 0. The molecule has 0 aliphatic heterocycles. The first-order valence-electron chi connectivity index (χ1n) is 6.48. The van der Waals surface area contributed by atoms with Crippen molar-refractivity contribution in [2.45, 2.75) is 33.6 Å². The van der Waals surface area contributed by atoms with Crippen molar-refractivity contribution in [3.8, 4) is 11.8 Å². The quantitative estimate of drug-likeness (QED) is 0.582. The van der Waals surface area contributed by atoms with Crippen molar-refractivity contribution in [3.63, 3.8) is 0 Å². The molecule has 0 unspecified atom stereocenters. The lowest BCUT2D eigenvalue weighted by Crippen LogP contribution is -2.10. The molecule has 0 N–H and O–H groups in total. The van der Waals surface area contributed by atoms with E-state index in [-0.39, 0.29) is 0 Å². The number of aryl methyl sites for hydroxylation is 1. The molecule has 0 aliphatic rings. The van der Waals surface area contributed by atoms with Crippen LogP contribution in [0.4, 0.5) is 0 Å². The zero-order valence-corrected chi connectivity index (χ0v) is 11.7. The second-order valence-corrected chi connectivity index (χ2v) is 4.20. The first kappa shape index (κ1) is 15.0. The van der Waals surface area contributed by atoms with E-state index in [0.717, 1.165) is 18.4 Å². The molecule has 0 spiro atoms. The summed E-state index contributed by atoms with van der Waals surface area (Å²) in [5.41, 5.74) is 1.57. The third-order valence-electron chi connectivity index (χ3n) is 2.70. The van der Waals surface area contributed by atoms with Gasteiger partial charge in [-0.2, -0.15) is 5.26 Å². The van der Waals surface area contributed by atoms with Crippen molar-refractivity contribution >= 4 is 5.97 Å². The van der Waals surface area contributed by atoms with Gasteiger partial charge in [-0.3, -0.25) is 0 Å². The van der Waals surface area contributed by atoms with Crippen molar-refractivity contribution in [2.24, 2.45) is 0 Å². The van der Waals surface area contributed by atoms with Crippen molar-refractivity contribution in [1.29, 1.82) is 5.26 Å². The Kier molecular flexibility index (Phi) is 5.87. The molecule has 19 heavy (non-hydrogen) atoms. The molecular formula is C15H19NO3. The number of unbranched alkanes of at least 4 members (excludes halogenated alkanes) is 1. The number of esters is 1. The van der Waals surface area contributed by atoms with E-state index in [1.807, 2.05) is 20.8 Å². The van der Waals surface area contributed by atoms with E-state index < -0.39 is 5.97 Å². The van der Waals surface area contributed by atoms with E-state index >= 15 is 0 Å². The molecule has 0 saturated heterocycles. The Morgan fingerprint density at radius 1 is 1.37 bits per heavy atom. The van der Waals surface area contributed by atoms with Crippen LogP contribution in [0.15, 0.2) is 12.1 Å². The van der Waals surface area contributed by atoms with Crippen LogP contribution in [0.2, 0.25) is 0 Å². The number of carbonyl (C=O) groups excluding carboxylic acids is 1. The maximum absolute atomic E-state index is 12.0. The third kappa shape index (κ3) is 3.99. The molecule has 0 amide bonds. The lowest BCUT2D eigenvalue weighted by atomic mass is 10.0. The minimum absolute atomic E-state index is 0.320.